The van der Waals surface area contributed by atoms with Gasteiger partial charge in [-0.05, 0) is 37.5 Å². The van der Waals surface area contributed by atoms with Gasteiger partial charge in [-0.15, -0.1) is 5.10 Å². The van der Waals surface area contributed by atoms with Crippen LogP contribution in [0.25, 0.3) is 11.0 Å². The Labute approximate surface area is 321 Å². The maximum Gasteiger partial charge on any atom is 0.422 e. The number of para-hydroxylation sites is 2. The Morgan fingerprint density at radius 2 is 1.58 bits per heavy atom. The molecule has 4 rings (SSSR count). The number of hydrogen-bond donors (Lipinski definition) is 2. The third kappa shape index (κ3) is 18.9. The molecule has 0 bridgehead atoms. The minimum absolute atomic E-state index is 0.0227. The normalized spacial score (nSPS) is 12.1. The van der Waals surface area contributed by atoms with Gasteiger partial charge in [0.15, 0.2) is 11.8 Å². The third-order valence-electron chi connectivity index (χ3n) is 7.51. The second-order valence-corrected chi connectivity index (χ2v) is 13.8. The van der Waals surface area contributed by atoms with Crippen LogP contribution in [0.5, 0.6) is 5.75 Å². The third-order valence-corrected chi connectivity index (χ3v) is 8.67. The summed E-state index contributed by atoms with van der Waals surface area (Å²) in [5.74, 6) is 0.715. The molecule has 306 valence electrons. The molecule has 1 amide bonds. The molecule has 15 nitrogen and oxygen atoms in total. The zero-order valence-corrected chi connectivity index (χ0v) is 32.6. The first-order chi connectivity index (χ1) is 26.4. The van der Waals surface area contributed by atoms with Gasteiger partial charge in [0.2, 0.25) is 5.91 Å². The number of benzene rings is 1. The minimum Gasteiger partial charge on any atom is -0.484 e. The largest absolute Gasteiger partial charge is 0.484 e. The molecule has 0 spiro atoms. The van der Waals surface area contributed by atoms with Crippen molar-refractivity contribution in [2.24, 2.45) is 5.92 Å². The molecule has 2 N–H and O–H groups in total. The Morgan fingerprint density at radius 3 is 2.20 bits per heavy atom. The number of carbonyl (C=O) groups is 1. The van der Waals surface area contributed by atoms with Crippen LogP contribution in [0.2, 0.25) is 0 Å². The Balaban J connectivity index is 0.000000299. The molecule has 0 fully saturated rings. The van der Waals surface area contributed by atoms with Gasteiger partial charge >= 0.3 is 6.18 Å². The fourth-order valence-corrected chi connectivity index (χ4v) is 5.60. The minimum atomic E-state index is -4.42. The monoisotopic (exact) mass is 799 g/mol. The summed E-state index contributed by atoms with van der Waals surface area (Å²) in [7, 11) is 0.0924. The second kappa shape index (κ2) is 25.2. The Morgan fingerprint density at radius 1 is 0.945 bits per heavy atom. The number of rotatable bonds is 25. The summed E-state index contributed by atoms with van der Waals surface area (Å²) >= 11 is 0. The van der Waals surface area contributed by atoms with Gasteiger partial charge in [0.1, 0.15) is 11.4 Å². The van der Waals surface area contributed by atoms with Gasteiger partial charge in [-0.2, -0.15) is 13.2 Å². The molecular weight excluding hydrogens is 747 g/mol. The lowest BCUT2D eigenvalue weighted by Gasteiger charge is -2.13. The smallest absolute Gasteiger partial charge is 0.422 e. The van der Waals surface area contributed by atoms with Crippen LogP contribution < -0.4 is 10.1 Å². The van der Waals surface area contributed by atoms with Gasteiger partial charge in [0.05, 0.1) is 106 Å². The van der Waals surface area contributed by atoms with E-state index in [2.05, 4.69) is 44.4 Å². The highest BCUT2D eigenvalue weighted by Crippen LogP contribution is 2.25. The number of nitrogens with zero attached hydrogens (tertiary/aromatic N) is 5. The molecule has 0 saturated carbocycles. The highest BCUT2D eigenvalue weighted by Gasteiger charge is 2.29. The Kier molecular flexibility index (Phi) is 20.8. The SMILES string of the molecule is CNC(=O)CCOCCOCCOCCOCCOCc1cn(CCC(C)C)nn1.Cc1c(OCC(F)(F)F)ccnc1CS(=O)c1nc2ccccc2[nH]1. The van der Waals surface area contributed by atoms with E-state index >= 15 is 0 Å². The van der Waals surface area contributed by atoms with Crippen LogP contribution in [0, 0.1) is 12.8 Å². The molecule has 19 heteroatoms. The first kappa shape index (κ1) is 45.4. The number of imidazole rings is 1. The van der Waals surface area contributed by atoms with E-state index in [9.17, 15) is 22.2 Å². The second-order valence-electron chi connectivity index (χ2n) is 12.4. The van der Waals surface area contributed by atoms with Crippen molar-refractivity contribution < 1.29 is 50.6 Å². The maximum atomic E-state index is 12.5. The number of H-pyrrole nitrogens is 1. The number of fused-ring (bicyclic) bond motifs is 1. The van der Waals surface area contributed by atoms with Gasteiger partial charge < -0.3 is 38.7 Å². The summed E-state index contributed by atoms with van der Waals surface area (Å²) < 4.78 is 83.2. The molecule has 1 unspecified atom stereocenters. The van der Waals surface area contributed by atoms with E-state index < -0.39 is 23.6 Å². The van der Waals surface area contributed by atoms with Gasteiger partial charge in [-0.3, -0.25) is 18.7 Å². The number of pyridine rings is 1. The van der Waals surface area contributed by atoms with Gasteiger partial charge in [0.25, 0.3) is 0 Å². The summed E-state index contributed by atoms with van der Waals surface area (Å²) in [6.45, 7) is 10.3. The molecule has 3 aromatic heterocycles. The molecule has 3 heterocycles. The summed E-state index contributed by atoms with van der Waals surface area (Å²) in [5, 5.41) is 11.0. The molecule has 0 radical (unpaired) electrons. The quantitative estimate of drug-likeness (QED) is 0.0897. The molecule has 0 aliphatic heterocycles. The number of ether oxygens (including phenoxy) is 6. The van der Waals surface area contributed by atoms with Gasteiger partial charge in [-0.1, -0.05) is 31.2 Å². The zero-order chi connectivity index (χ0) is 39.9. The van der Waals surface area contributed by atoms with Crippen molar-refractivity contribution in [2.45, 2.75) is 63.9 Å². The van der Waals surface area contributed by atoms with Crippen molar-refractivity contribution in [3.8, 4) is 5.75 Å². The molecule has 0 aliphatic carbocycles. The standard InChI is InChI=1S/C20H38N4O6.C16H14F3N3O2S/c1-18(2)4-6-24-16-19(22-23-24)17-30-15-14-29-13-12-28-11-10-27-9-8-26-7-5-20(25)21-3;1-10-13(20-7-6-14(10)24-9-16(17,18)19)8-25(23)15-21-11-4-2-3-5-12(11)22-15/h16,18H,4-15,17H2,1-3H3,(H,21,25);2-7H,8-9H2,1H3,(H,21,22). The number of aromatic nitrogens is 6. The van der Waals surface area contributed by atoms with Crippen LogP contribution in [-0.2, 0) is 58.2 Å². The molecule has 55 heavy (non-hydrogen) atoms. The number of amides is 1. The van der Waals surface area contributed by atoms with Crippen molar-refractivity contribution in [2.75, 3.05) is 73.1 Å². The van der Waals surface area contributed by atoms with E-state index in [1.54, 1.807) is 20.0 Å². The van der Waals surface area contributed by atoms with Crippen molar-refractivity contribution in [3.05, 3.63) is 59.7 Å². The Hall–Kier alpha value is -4.01. The lowest BCUT2D eigenvalue weighted by Crippen LogP contribution is -2.20. The molecule has 0 aliphatic rings. The number of aromatic amines is 1. The van der Waals surface area contributed by atoms with Crippen molar-refractivity contribution in [3.63, 3.8) is 0 Å². The average Bonchev–Trinajstić information content (AvgIpc) is 3.81. The first-order valence-electron chi connectivity index (χ1n) is 17.9. The summed E-state index contributed by atoms with van der Waals surface area (Å²) in [6, 6.07) is 8.62. The van der Waals surface area contributed by atoms with Crippen LogP contribution in [0.1, 0.15) is 43.6 Å². The van der Waals surface area contributed by atoms with Crippen LogP contribution in [-0.4, -0.2) is 119 Å². The predicted octanol–water partition coefficient (Wildman–Crippen LogP) is 4.56. The fraction of sp³-hybridized carbons (Fsp3) is 0.583. The van der Waals surface area contributed by atoms with E-state index in [1.165, 1.54) is 12.3 Å². The van der Waals surface area contributed by atoms with Crippen molar-refractivity contribution in [1.82, 2.24) is 35.3 Å². The number of halogens is 3. The molecule has 4 aromatic rings. The lowest BCUT2D eigenvalue weighted by molar-refractivity contribution is -0.153. The van der Waals surface area contributed by atoms with Gasteiger partial charge in [-0.25, -0.2) is 4.98 Å². The Bertz CT molecular complexity index is 1670. The number of alkyl halides is 3. The average molecular weight is 800 g/mol. The highest BCUT2D eigenvalue weighted by atomic mass is 32.2. The van der Waals surface area contributed by atoms with E-state index in [0.717, 1.165) is 24.2 Å². The van der Waals surface area contributed by atoms with E-state index in [4.69, 9.17) is 28.4 Å². The molecule has 0 saturated heterocycles. The highest BCUT2D eigenvalue weighted by molar-refractivity contribution is 7.84. The van der Waals surface area contributed by atoms with Crippen LogP contribution in [0.4, 0.5) is 13.2 Å². The maximum absolute atomic E-state index is 12.5. The number of aryl methyl sites for hydroxylation is 1. The lowest BCUT2D eigenvalue weighted by atomic mass is 10.1. The van der Waals surface area contributed by atoms with Crippen molar-refractivity contribution in [1.29, 1.82) is 0 Å². The van der Waals surface area contributed by atoms with E-state index in [1.807, 2.05) is 29.1 Å². The summed E-state index contributed by atoms with van der Waals surface area (Å²) in [4.78, 5) is 22.3. The van der Waals surface area contributed by atoms with Crippen LogP contribution >= 0.6 is 0 Å². The topological polar surface area (TPSA) is 174 Å². The number of carbonyl (C=O) groups excluding carboxylic acids is 1. The number of nitrogens with one attached hydrogen (secondary N) is 2. The predicted molar refractivity (Wildman–Crippen MR) is 198 cm³/mol. The fourth-order valence-electron chi connectivity index (χ4n) is 4.50. The number of hydrogen-bond acceptors (Lipinski definition) is 12. The molecular formula is C36H52F3N7O8S. The summed E-state index contributed by atoms with van der Waals surface area (Å²) in [5.41, 5.74) is 3.12. The van der Waals surface area contributed by atoms with E-state index in [-0.39, 0.29) is 17.4 Å². The summed E-state index contributed by atoms with van der Waals surface area (Å²) in [6.07, 6.45) is 0.290. The van der Waals surface area contributed by atoms with Gasteiger partial charge in [0, 0.05) is 31.8 Å². The zero-order valence-electron chi connectivity index (χ0n) is 31.8. The van der Waals surface area contributed by atoms with E-state index in [0.29, 0.717) is 100 Å². The molecule has 1 aromatic carbocycles. The van der Waals surface area contributed by atoms with Crippen LogP contribution in [0.15, 0.2) is 47.9 Å². The molecule has 1 atom stereocenters. The first-order valence-corrected chi connectivity index (χ1v) is 19.2. The van der Waals surface area contributed by atoms with Crippen LogP contribution in [0.3, 0.4) is 0 Å². The van der Waals surface area contributed by atoms with Crippen molar-refractivity contribution >= 4 is 27.7 Å².